The van der Waals surface area contributed by atoms with Gasteiger partial charge in [-0.25, -0.2) is 4.98 Å². The number of methoxy groups -OCH3 is 2. The molecule has 0 saturated heterocycles. The molecule has 0 bridgehead atoms. The predicted octanol–water partition coefficient (Wildman–Crippen LogP) is 6.63. The number of fused-ring (bicyclic) bond motifs is 1. The summed E-state index contributed by atoms with van der Waals surface area (Å²) in [4.78, 5) is 4.93. The molecular formula is C29H34N2O3. The van der Waals surface area contributed by atoms with E-state index in [9.17, 15) is 0 Å². The second kappa shape index (κ2) is 11.1. The number of aromatic nitrogens is 2. The van der Waals surface area contributed by atoms with Crippen molar-refractivity contribution in [3.63, 3.8) is 0 Å². The largest absolute Gasteiger partial charge is 0.494 e. The number of rotatable bonds is 11. The molecule has 5 nitrogen and oxygen atoms in total. The maximum absolute atomic E-state index is 6.03. The van der Waals surface area contributed by atoms with Crippen molar-refractivity contribution in [2.45, 2.75) is 45.6 Å². The van der Waals surface area contributed by atoms with Gasteiger partial charge in [0.25, 0.3) is 0 Å². The van der Waals surface area contributed by atoms with Crippen LogP contribution in [0.1, 0.15) is 49.6 Å². The molecule has 0 fully saturated rings. The summed E-state index contributed by atoms with van der Waals surface area (Å²) < 4.78 is 19.2. The van der Waals surface area contributed by atoms with E-state index < -0.39 is 0 Å². The van der Waals surface area contributed by atoms with Gasteiger partial charge in [0.15, 0.2) is 11.5 Å². The number of hydrogen-bond donors (Lipinski definition) is 0. The van der Waals surface area contributed by atoms with Crippen molar-refractivity contribution in [1.29, 1.82) is 0 Å². The number of aryl methyl sites for hydroxylation is 1. The molecule has 178 valence electrons. The lowest BCUT2D eigenvalue weighted by Crippen LogP contribution is -2.08. The monoisotopic (exact) mass is 458 g/mol. The van der Waals surface area contributed by atoms with E-state index in [0.717, 1.165) is 59.1 Å². The van der Waals surface area contributed by atoms with Crippen LogP contribution in [0.15, 0.2) is 66.7 Å². The molecule has 4 rings (SSSR count). The first-order chi connectivity index (χ1) is 16.6. The fourth-order valence-electron chi connectivity index (χ4n) is 4.22. The first-order valence-electron chi connectivity index (χ1n) is 12.0. The Morgan fingerprint density at radius 3 is 2.41 bits per heavy atom. The number of imidazole rings is 1. The number of para-hydroxylation sites is 2. The summed E-state index contributed by atoms with van der Waals surface area (Å²) in [7, 11) is 3.31. The molecule has 0 aliphatic heterocycles. The quantitative estimate of drug-likeness (QED) is 0.237. The Balaban J connectivity index is 1.45. The highest BCUT2D eigenvalue weighted by Crippen LogP contribution is 2.29. The molecule has 0 saturated carbocycles. The summed E-state index contributed by atoms with van der Waals surface area (Å²) in [5.41, 5.74) is 4.65. The van der Waals surface area contributed by atoms with Gasteiger partial charge in [0.1, 0.15) is 11.6 Å². The highest BCUT2D eigenvalue weighted by atomic mass is 16.5. The van der Waals surface area contributed by atoms with Crippen LogP contribution in [0.3, 0.4) is 0 Å². The van der Waals surface area contributed by atoms with Gasteiger partial charge in [0.2, 0.25) is 0 Å². The summed E-state index contributed by atoms with van der Waals surface area (Å²) in [5, 5.41) is 0. The maximum atomic E-state index is 6.03. The van der Waals surface area contributed by atoms with Gasteiger partial charge < -0.3 is 18.8 Å². The van der Waals surface area contributed by atoms with Crippen molar-refractivity contribution in [3.8, 4) is 17.2 Å². The summed E-state index contributed by atoms with van der Waals surface area (Å²) >= 11 is 0. The lowest BCUT2D eigenvalue weighted by atomic mass is 9.99. The van der Waals surface area contributed by atoms with E-state index in [2.05, 4.69) is 66.9 Å². The zero-order chi connectivity index (χ0) is 23.9. The number of nitrogens with zero attached hydrogens (tertiary/aromatic N) is 2. The number of benzene rings is 3. The van der Waals surface area contributed by atoms with E-state index in [4.69, 9.17) is 19.2 Å². The van der Waals surface area contributed by atoms with E-state index in [1.807, 2.05) is 18.2 Å². The maximum Gasteiger partial charge on any atom is 0.161 e. The summed E-state index contributed by atoms with van der Waals surface area (Å²) in [6.07, 6.45) is 2.75. The zero-order valence-electron chi connectivity index (χ0n) is 20.6. The van der Waals surface area contributed by atoms with E-state index >= 15 is 0 Å². The van der Waals surface area contributed by atoms with Crippen LogP contribution >= 0.6 is 0 Å². The Hall–Kier alpha value is -3.47. The lowest BCUT2D eigenvalue weighted by molar-refractivity contribution is 0.302. The Labute approximate surface area is 202 Å². The fourth-order valence-corrected chi connectivity index (χ4v) is 4.22. The zero-order valence-corrected chi connectivity index (χ0v) is 20.6. The standard InChI is InChI=1S/C29H34N2O3/c1-5-21(2)23-12-14-24(15-13-23)34-18-8-17-31-26-10-7-6-9-25(26)30-29(31)20-22-11-16-27(32-3)28(19-22)33-4/h6-7,9-16,19,21H,5,8,17-18,20H2,1-4H3. The smallest absolute Gasteiger partial charge is 0.161 e. The third-order valence-electron chi connectivity index (χ3n) is 6.40. The fraction of sp³-hybridized carbons (Fsp3) is 0.345. The molecule has 5 heteroatoms. The first kappa shape index (κ1) is 23.7. The van der Waals surface area contributed by atoms with Crippen LogP contribution in [0.25, 0.3) is 11.0 Å². The molecule has 0 radical (unpaired) electrons. The van der Waals surface area contributed by atoms with Gasteiger partial charge in [0, 0.05) is 13.0 Å². The van der Waals surface area contributed by atoms with Gasteiger partial charge in [-0.05, 0) is 66.3 Å². The van der Waals surface area contributed by atoms with Gasteiger partial charge in [-0.3, -0.25) is 0 Å². The van der Waals surface area contributed by atoms with Crippen LogP contribution in [0, 0.1) is 0 Å². The molecule has 0 aliphatic rings. The molecule has 1 atom stereocenters. The van der Waals surface area contributed by atoms with Crippen molar-refractivity contribution < 1.29 is 14.2 Å². The average molecular weight is 459 g/mol. The van der Waals surface area contributed by atoms with Crippen LogP contribution < -0.4 is 14.2 Å². The second-order valence-electron chi connectivity index (χ2n) is 8.61. The minimum atomic E-state index is 0.577. The summed E-state index contributed by atoms with van der Waals surface area (Å²) in [5.74, 6) is 4.00. The van der Waals surface area contributed by atoms with E-state index in [1.54, 1.807) is 14.2 Å². The molecule has 0 spiro atoms. The van der Waals surface area contributed by atoms with Gasteiger partial charge in [0.05, 0.1) is 31.9 Å². The Bertz CT molecular complexity index is 1210. The van der Waals surface area contributed by atoms with Crippen LogP contribution in [0.5, 0.6) is 17.2 Å². The van der Waals surface area contributed by atoms with E-state index in [-0.39, 0.29) is 0 Å². The van der Waals surface area contributed by atoms with Crippen molar-refractivity contribution in [1.82, 2.24) is 9.55 Å². The van der Waals surface area contributed by atoms with Gasteiger partial charge in [-0.2, -0.15) is 0 Å². The number of ether oxygens (including phenoxy) is 3. The van der Waals surface area contributed by atoms with Crippen LogP contribution in [-0.4, -0.2) is 30.4 Å². The molecule has 4 aromatic rings. The third-order valence-corrected chi connectivity index (χ3v) is 6.40. The van der Waals surface area contributed by atoms with E-state index in [1.165, 1.54) is 5.56 Å². The van der Waals surface area contributed by atoms with E-state index in [0.29, 0.717) is 18.9 Å². The average Bonchev–Trinajstić information content (AvgIpc) is 3.23. The topological polar surface area (TPSA) is 45.5 Å². The molecule has 1 unspecified atom stereocenters. The molecule has 0 amide bonds. The summed E-state index contributed by atoms with van der Waals surface area (Å²) in [6.45, 7) is 5.97. The van der Waals surface area contributed by atoms with Crippen molar-refractivity contribution in [2.24, 2.45) is 0 Å². The SMILES string of the molecule is CCC(C)c1ccc(OCCCn2c(Cc3ccc(OC)c(OC)c3)nc3ccccc32)cc1. The molecular weight excluding hydrogens is 424 g/mol. The second-order valence-corrected chi connectivity index (χ2v) is 8.61. The Kier molecular flexibility index (Phi) is 7.73. The van der Waals surface area contributed by atoms with Gasteiger partial charge in [-0.1, -0.05) is 44.2 Å². The van der Waals surface area contributed by atoms with Crippen LogP contribution in [0.2, 0.25) is 0 Å². The van der Waals surface area contributed by atoms with Crippen LogP contribution in [-0.2, 0) is 13.0 Å². The van der Waals surface area contributed by atoms with Gasteiger partial charge in [-0.15, -0.1) is 0 Å². The Morgan fingerprint density at radius 2 is 1.68 bits per heavy atom. The molecule has 1 heterocycles. The Morgan fingerprint density at radius 1 is 0.912 bits per heavy atom. The van der Waals surface area contributed by atoms with Crippen molar-refractivity contribution in [3.05, 3.63) is 83.7 Å². The van der Waals surface area contributed by atoms with Crippen molar-refractivity contribution in [2.75, 3.05) is 20.8 Å². The summed E-state index contributed by atoms with van der Waals surface area (Å²) in [6, 6.07) is 22.8. The highest BCUT2D eigenvalue weighted by molar-refractivity contribution is 5.76. The normalized spacial score (nSPS) is 12.0. The molecule has 0 aliphatic carbocycles. The third kappa shape index (κ3) is 5.36. The predicted molar refractivity (Wildman–Crippen MR) is 137 cm³/mol. The molecule has 3 aromatic carbocycles. The van der Waals surface area contributed by atoms with Gasteiger partial charge >= 0.3 is 0 Å². The highest BCUT2D eigenvalue weighted by Gasteiger charge is 2.13. The minimum Gasteiger partial charge on any atom is -0.494 e. The molecule has 0 N–H and O–H groups in total. The lowest BCUT2D eigenvalue weighted by Gasteiger charge is -2.13. The van der Waals surface area contributed by atoms with Crippen molar-refractivity contribution >= 4 is 11.0 Å². The number of hydrogen-bond acceptors (Lipinski definition) is 4. The minimum absolute atomic E-state index is 0.577. The molecule has 34 heavy (non-hydrogen) atoms. The van der Waals surface area contributed by atoms with Crippen LogP contribution in [0.4, 0.5) is 0 Å². The molecule has 1 aromatic heterocycles. The first-order valence-corrected chi connectivity index (χ1v) is 12.0.